The van der Waals surface area contributed by atoms with Gasteiger partial charge in [0.1, 0.15) is 12.4 Å². The second-order valence-electron chi connectivity index (χ2n) is 10.5. The topological polar surface area (TPSA) is 79.2 Å². The molecule has 0 bridgehead atoms. The van der Waals surface area contributed by atoms with E-state index in [1.807, 2.05) is 61.2 Å². The predicted molar refractivity (Wildman–Crippen MR) is 133 cm³/mol. The van der Waals surface area contributed by atoms with Gasteiger partial charge in [-0.05, 0) is 65.2 Å². The summed E-state index contributed by atoms with van der Waals surface area (Å²) in [6, 6.07) is 13.6. The second-order valence-corrected chi connectivity index (χ2v) is 10.5. The SMILES string of the molecule is CC(C)(O)COc1ccc2c(c1)N(C(=O)Cc1ccc(BOC(C)(C)C(C)(C)O)cc1)CC2. The van der Waals surface area contributed by atoms with E-state index in [1.54, 1.807) is 27.7 Å². The van der Waals surface area contributed by atoms with Crippen molar-refractivity contribution in [1.29, 1.82) is 0 Å². The number of aliphatic hydroxyl groups is 2. The van der Waals surface area contributed by atoms with Gasteiger partial charge in [-0.25, -0.2) is 0 Å². The molecule has 178 valence electrons. The minimum absolute atomic E-state index is 0.0422. The number of rotatable bonds is 9. The number of nitrogens with zero attached hydrogens (tertiary/aromatic N) is 1. The molecule has 7 heteroatoms. The molecule has 0 saturated heterocycles. The average molecular weight is 453 g/mol. The summed E-state index contributed by atoms with van der Waals surface area (Å²) in [6.07, 6.45) is 1.13. The zero-order valence-corrected chi connectivity index (χ0v) is 20.6. The number of anilines is 1. The van der Waals surface area contributed by atoms with Crippen LogP contribution >= 0.6 is 0 Å². The van der Waals surface area contributed by atoms with Crippen molar-refractivity contribution in [3.05, 3.63) is 53.6 Å². The van der Waals surface area contributed by atoms with Gasteiger partial charge in [-0.2, -0.15) is 0 Å². The highest BCUT2D eigenvalue weighted by Crippen LogP contribution is 2.32. The summed E-state index contributed by atoms with van der Waals surface area (Å²) in [5, 5.41) is 20.1. The summed E-state index contributed by atoms with van der Waals surface area (Å²) in [6.45, 7) is 11.4. The second kappa shape index (κ2) is 9.49. The standard InChI is InChI=1S/C26H36BNO5/c1-24(2,30)17-32-21-12-9-19-13-14-28(22(19)16-21)23(29)15-18-7-10-20(11-8-18)27-33-26(5,6)25(3,4)31/h7-12,16,27,30-31H,13-15,17H2,1-6H3. The fourth-order valence-corrected chi connectivity index (χ4v) is 3.43. The molecule has 6 nitrogen and oxygen atoms in total. The molecule has 2 aromatic rings. The van der Waals surface area contributed by atoms with E-state index >= 15 is 0 Å². The van der Waals surface area contributed by atoms with E-state index in [4.69, 9.17) is 9.39 Å². The highest BCUT2D eigenvalue weighted by atomic mass is 16.5. The van der Waals surface area contributed by atoms with Gasteiger partial charge >= 0.3 is 7.48 Å². The third-order valence-corrected chi connectivity index (χ3v) is 6.30. The molecule has 3 rings (SSSR count). The van der Waals surface area contributed by atoms with Gasteiger partial charge in [0.25, 0.3) is 0 Å². The Hall–Kier alpha value is -2.35. The minimum atomic E-state index is -0.954. The molecule has 2 N–H and O–H groups in total. The Labute approximate surface area is 197 Å². The quantitative estimate of drug-likeness (QED) is 0.571. The lowest BCUT2D eigenvalue weighted by Gasteiger charge is -2.37. The predicted octanol–water partition coefficient (Wildman–Crippen LogP) is 2.51. The fourth-order valence-electron chi connectivity index (χ4n) is 3.43. The van der Waals surface area contributed by atoms with E-state index in [2.05, 4.69) is 0 Å². The lowest BCUT2D eigenvalue weighted by Crippen LogP contribution is -2.49. The van der Waals surface area contributed by atoms with Crippen molar-refractivity contribution >= 4 is 24.5 Å². The molecule has 0 unspecified atom stereocenters. The van der Waals surface area contributed by atoms with Crippen LogP contribution in [0.4, 0.5) is 5.69 Å². The Morgan fingerprint density at radius 3 is 2.30 bits per heavy atom. The first-order valence-corrected chi connectivity index (χ1v) is 11.5. The number of ether oxygens (including phenoxy) is 1. The molecular formula is C26H36BNO5. The number of fused-ring (bicyclic) bond motifs is 1. The van der Waals surface area contributed by atoms with Gasteiger partial charge in [0.2, 0.25) is 5.91 Å². The smallest absolute Gasteiger partial charge is 0.309 e. The number of amides is 1. The molecule has 0 spiro atoms. The number of carbonyl (C=O) groups excluding carboxylic acids is 1. The largest absolute Gasteiger partial charge is 0.491 e. The highest BCUT2D eigenvalue weighted by Gasteiger charge is 2.35. The first kappa shape index (κ1) is 25.3. The van der Waals surface area contributed by atoms with Gasteiger partial charge in [0.15, 0.2) is 0 Å². The van der Waals surface area contributed by atoms with Crippen LogP contribution in [0.1, 0.15) is 52.7 Å². The number of benzene rings is 2. The fraction of sp³-hybridized carbons (Fsp3) is 0.500. The summed E-state index contributed by atoms with van der Waals surface area (Å²) in [5.74, 6) is 0.689. The van der Waals surface area contributed by atoms with Crippen molar-refractivity contribution in [2.24, 2.45) is 0 Å². The van der Waals surface area contributed by atoms with E-state index < -0.39 is 16.8 Å². The van der Waals surface area contributed by atoms with Gasteiger partial charge in [0.05, 0.1) is 28.9 Å². The first-order chi connectivity index (χ1) is 15.2. The monoisotopic (exact) mass is 453 g/mol. The molecular weight excluding hydrogens is 417 g/mol. The maximum atomic E-state index is 13.1. The maximum Gasteiger partial charge on any atom is 0.309 e. The molecule has 0 aromatic heterocycles. The van der Waals surface area contributed by atoms with Crippen LogP contribution in [-0.4, -0.2) is 53.6 Å². The molecule has 0 atom stereocenters. The minimum Gasteiger partial charge on any atom is -0.491 e. The first-order valence-electron chi connectivity index (χ1n) is 11.5. The van der Waals surface area contributed by atoms with E-state index in [1.165, 1.54) is 0 Å². The molecule has 1 aliphatic rings. The molecule has 0 saturated carbocycles. The number of hydrogen-bond donors (Lipinski definition) is 2. The molecule has 0 aliphatic carbocycles. The molecule has 2 aromatic carbocycles. The molecule has 1 amide bonds. The summed E-state index contributed by atoms with van der Waals surface area (Å²) >= 11 is 0. The van der Waals surface area contributed by atoms with Crippen LogP contribution in [-0.2, 0) is 22.3 Å². The summed E-state index contributed by atoms with van der Waals surface area (Å²) in [4.78, 5) is 14.9. The van der Waals surface area contributed by atoms with E-state index in [0.717, 1.165) is 28.7 Å². The third-order valence-electron chi connectivity index (χ3n) is 6.30. The van der Waals surface area contributed by atoms with Crippen LogP contribution in [0.15, 0.2) is 42.5 Å². The number of hydrogen-bond acceptors (Lipinski definition) is 5. The van der Waals surface area contributed by atoms with Crippen molar-refractivity contribution < 1.29 is 24.4 Å². The van der Waals surface area contributed by atoms with Crippen molar-refractivity contribution in [3.63, 3.8) is 0 Å². The van der Waals surface area contributed by atoms with Crippen LogP contribution in [0.25, 0.3) is 0 Å². The molecule has 0 fully saturated rings. The van der Waals surface area contributed by atoms with Crippen molar-refractivity contribution in [3.8, 4) is 5.75 Å². The van der Waals surface area contributed by atoms with Crippen LogP contribution in [0.3, 0.4) is 0 Å². The van der Waals surface area contributed by atoms with Crippen molar-refractivity contribution in [1.82, 2.24) is 0 Å². The molecule has 0 radical (unpaired) electrons. The van der Waals surface area contributed by atoms with E-state index in [0.29, 0.717) is 26.2 Å². The zero-order chi connectivity index (χ0) is 24.4. The van der Waals surface area contributed by atoms with Gasteiger partial charge in [0, 0.05) is 12.6 Å². The summed E-state index contributed by atoms with van der Waals surface area (Å²) in [7, 11) is 0.387. The summed E-state index contributed by atoms with van der Waals surface area (Å²) < 4.78 is 11.6. The Morgan fingerprint density at radius 1 is 1.03 bits per heavy atom. The van der Waals surface area contributed by atoms with Gasteiger partial charge in [-0.15, -0.1) is 0 Å². The third kappa shape index (κ3) is 6.59. The summed E-state index contributed by atoms with van der Waals surface area (Å²) in [5.41, 5.74) is 1.38. The van der Waals surface area contributed by atoms with E-state index in [9.17, 15) is 15.0 Å². The van der Waals surface area contributed by atoms with Crippen LogP contribution in [0.5, 0.6) is 5.75 Å². The Balaban J connectivity index is 1.61. The molecule has 33 heavy (non-hydrogen) atoms. The van der Waals surface area contributed by atoms with Gasteiger partial charge in [-0.1, -0.05) is 35.8 Å². The maximum absolute atomic E-state index is 13.1. The molecule has 1 heterocycles. The van der Waals surface area contributed by atoms with Gasteiger partial charge in [-0.3, -0.25) is 4.79 Å². The normalized spacial score (nSPS) is 14.2. The lowest BCUT2D eigenvalue weighted by molar-refractivity contribution is -0.117. The Bertz CT molecular complexity index is 974. The van der Waals surface area contributed by atoms with Gasteiger partial charge < -0.3 is 24.5 Å². The Kier molecular flexibility index (Phi) is 7.27. The van der Waals surface area contributed by atoms with Crippen LogP contribution in [0, 0.1) is 0 Å². The zero-order valence-electron chi connectivity index (χ0n) is 20.6. The van der Waals surface area contributed by atoms with Crippen LogP contribution in [0.2, 0.25) is 0 Å². The van der Waals surface area contributed by atoms with Crippen molar-refractivity contribution in [2.45, 2.75) is 71.2 Å². The van der Waals surface area contributed by atoms with Crippen molar-refractivity contribution in [2.75, 3.05) is 18.1 Å². The Morgan fingerprint density at radius 2 is 1.70 bits per heavy atom. The highest BCUT2D eigenvalue weighted by molar-refractivity contribution is 6.47. The molecule has 1 aliphatic heterocycles. The number of carbonyl (C=O) groups is 1. The lowest BCUT2D eigenvalue weighted by atomic mass is 9.82. The van der Waals surface area contributed by atoms with Crippen LogP contribution < -0.4 is 15.1 Å². The van der Waals surface area contributed by atoms with E-state index in [-0.39, 0.29) is 12.5 Å². The average Bonchev–Trinajstić information content (AvgIpc) is 3.14.